The van der Waals surface area contributed by atoms with E-state index in [9.17, 15) is 13.2 Å². The lowest BCUT2D eigenvalue weighted by molar-refractivity contribution is -0.146. The molecule has 0 aliphatic heterocycles. The van der Waals surface area contributed by atoms with Crippen LogP contribution in [0.25, 0.3) is 0 Å². The number of carbonyl (C=O) groups excluding carboxylic acids is 1. The first kappa shape index (κ1) is 16.3. The van der Waals surface area contributed by atoms with Crippen LogP contribution in [0.5, 0.6) is 0 Å². The van der Waals surface area contributed by atoms with Crippen molar-refractivity contribution in [2.45, 2.75) is 64.0 Å². The number of hydrogen-bond donors (Lipinski definition) is 1. The van der Waals surface area contributed by atoms with E-state index in [4.69, 9.17) is 0 Å². The lowest BCUT2D eigenvalue weighted by Gasteiger charge is -2.55. The van der Waals surface area contributed by atoms with Gasteiger partial charge in [0.05, 0.1) is 10.5 Å². The van der Waals surface area contributed by atoms with E-state index in [0.717, 1.165) is 37.0 Å². The van der Waals surface area contributed by atoms with Crippen LogP contribution in [0.1, 0.15) is 59.3 Å². The summed E-state index contributed by atoms with van der Waals surface area (Å²) in [7, 11) is -3.16. The highest BCUT2D eigenvalue weighted by atomic mass is 32.2. The average molecular weight is 327 g/mol. The lowest BCUT2D eigenvalue weighted by atomic mass is 9.49. The Kier molecular flexibility index (Phi) is 3.86. The zero-order valence-electron chi connectivity index (χ0n) is 14.0. The molecule has 0 saturated heterocycles. The first-order chi connectivity index (χ1) is 10.1. The quantitative estimate of drug-likeness (QED) is 0.863. The minimum absolute atomic E-state index is 0.0363. The number of carbonyl (C=O) groups is 1. The van der Waals surface area contributed by atoms with E-state index in [1.54, 1.807) is 20.8 Å². The van der Waals surface area contributed by atoms with Crippen molar-refractivity contribution in [1.29, 1.82) is 0 Å². The largest absolute Gasteiger partial charge is 0.355 e. The monoisotopic (exact) mass is 327 g/mol. The van der Waals surface area contributed by atoms with Crippen molar-refractivity contribution in [3.8, 4) is 0 Å². The van der Waals surface area contributed by atoms with Gasteiger partial charge < -0.3 is 5.32 Å². The maximum Gasteiger partial charge on any atom is 0.226 e. The molecular formula is C17H29NO3S. The van der Waals surface area contributed by atoms with Crippen LogP contribution in [0.4, 0.5) is 0 Å². The van der Waals surface area contributed by atoms with E-state index >= 15 is 0 Å². The molecule has 4 aliphatic rings. The normalized spacial score (nSPS) is 37.3. The van der Waals surface area contributed by atoms with Crippen LogP contribution < -0.4 is 5.32 Å². The zero-order valence-corrected chi connectivity index (χ0v) is 14.8. The van der Waals surface area contributed by atoms with E-state index in [0.29, 0.717) is 0 Å². The number of rotatable bonds is 4. The second-order valence-corrected chi connectivity index (χ2v) is 11.7. The van der Waals surface area contributed by atoms with Gasteiger partial charge in [-0.2, -0.15) is 0 Å². The summed E-state index contributed by atoms with van der Waals surface area (Å²) in [5.41, 5.74) is -0.180. The van der Waals surface area contributed by atoms with Gasteiger partial charge in [0, 0.05) is 12.0 Å². The molecule has 0 aromatic rings. The molecule has 0 aromatic heterocycles. The molecule has 4 aliphatic carbocycles. The third-order valence-corrected chi connectivity index (χ3v) is 8.72. The van der Waals surface area contributed by atoms with E-state index < -0.39 is 14.6 Å². The van der Waals surface area contributed by atoms with E-state index in [1.165, 1.54) is 19.3 Å². The predicted octanol–water partition coefficient (Wildman–Crippen LogP) is 2.53. The molecule has 22 heavy (non-hydrogen) atoms. The third-order valence-electron chi connectivity index (χ3n) is 6.11. The highest BCUT2D eigenvalue weighted by molar-refractivity contribution is 7.92. The Balaban J connectivity index is 1.59. The number of sulfone groups is 1. The van der Waals surface area contributed by atoms with E-state index in [-0.39, 0.29) is 23.6 Å². The molecule has 1 N–H and O–H groups in total. The van der Waals surface area contributed by atoms with Crippen molar-refractivity contribution in [1.82, 2.24) is 5.32 Å². The molecule has 4 saturated carbocycles. The summed E-state index contributed by atoms with van der Waals surface area (Å²) in [6, 6.07) is 0. The standard InChI is InChI=1S/C17H29NO3S/c1-16(2,3)22(20,21)5-4-18-15(19)17-9-12-6-13(10-17)8-14(7-12)11-17/h12-14H,4-11H2,1-3H3,(H,18,19). The summed E-state index contributed by atoms with van der Waals surface area (Å²) >= 11 is 0. The maximum absolute atomic E-state index is 12.7. The summed E-state index contributed by atoms with van der Waals surface area (Å²) in [5.74, 6) is 2.35. The predicted molar refractivity (Wildman–Crippen MR) is 87.2 cm³/mol. The fourth-order valence-electron chi connectivity index (χ4n) is 5.18. The Labute approximate surface area is 134 Å². The van der Waals surface area contributed by atoms with Crippen molar-refractivity contribution in [3.05, 3.63) is 0 Å². The minimum Gasteiger partial charge on any atom is -0.355 e. The molecule has 1 amide bonds. The second-order valence-electron chi connectivity index (χ2n) is 8.89. The summed E-state index contributed by atoms with van der Waals surface area (Å²) in [5, 5.41) is 2.95. The summed E-state index contributed by atoms with van der Waals surface area (Å²) in [6.07, 6.45) is 7.01. The molecule has 4 rings (SSSR count). The van der Waals surface area contributed by atoms with Crippen molar-refractivity contribution >= 4 is 15.7 Å². The molecular weight excluding hydrogens is 298 g/mol. The van der Waals surface area contributed by atoms with Gasteiger partial charge in [-0.1, -0.05) is 0 Å². The summed E-state index contributed by atoms with van der Waals surface area (Å²) < 4.78 is 23.5. The maximum atomic E-state index is 12.7. The van der Waals surface area contributed by atoms with Crippen molar-refractivity contribution in [2.24, 2.45) is 23.2 Å². The third kappa shape index (κ3) is 2.81. The van der Waals surface area contributed by atoms with Gasteiger partial charge in [0.1, 0.15) is 0 Å². The molecule has 4 fully saturated rings. The van der Waals surface area contributed by atoms with Gasteiger partial charge in [-0.15, -0.1) is 0 Å². The first-order valence-electron chi connectivity index (χ1n) is 8.62. The van der Waals surface area contributed by atoms with Crippen molar-refractivity contribution in [3.63, 3.8) is 0 Å². The molecule has 0 heterocycles. The molecule has 0 radical (unpaired) electrons. The number of amides is 1. The summed E-state index contributed by atoms with van der Waals surface area (Å²) in [4.78, 5) is 12.7. The Morgan fingerprint density at radius 3 is 1.91 bits per heavy atom. The van der Waals surface area contributed by atoms with E-state index in [2.05, 4.69) is 5.32 Å². The minimum atomic E-state index is -3.16. The lowest BCUT2D eigenvalue weighted by Crippen LogP contribution is -2.54. The Bertz CT molecular complexity index is 524. The number of hydrogen-bond acceptors (Lipinski definition) is 3. The molecule has 0 spiro atoms. The van der Waals surface area contributed by atoms with Crippen molar-refractivity contribution < 1.29 is 13.2 Å². The van der Waals surface area contributed by atoms with Gasteiger partial charge in [0.25, 0.3) is 0 Å². The van der Waals surface area contributed by atoms with Gasteiger partial charge in [0.15, 0.2) is 9.84 Å². The fourth-order valence-corrected chi connectivity index (χ4v) is 6.16. The van der Waals surface area contributed by atoms with Gasteiger partial charge >= 0.3 is 0 Å². The molecule has 0 unspecified atom stereocenters. The molecule has 0 atom stereocenters. The topological polar surface area (TPSA) is 63.2 Å². The zero-order chi connectivity index (χ0) is 16.2. The van der Waals surface area contributed by atoms with Crippen LogP contribution in [0.15, 0.2) is 0 Å². The Hall–Kier alpha value is -0.580. The van der Waals surface area contributed by atoms with Crippen LogP contribution >= 0.6 is 0 Å². The molecule has 5 heteroatoms. The molecule has 0 aromatic carbocycles. The Morgan fingerprint density at radius 1 is 1.05 bits per heavy atom. The molecule has 126 valence electrons. The smallest absolute Gasteiger partial charge is 0.226 e. The second kappa shape index (κ2) is 5.22. The molecule has 4 nitrogen and oxygen atoms in total. The van der Waals surface area contributed by atoms with Crippen LogP contribution in [-0.4, -0.2) is 31.4 Å². The Morgan fingerprint density at radius 2 is 1.50 bits per heavy atom. The van der Waals surface area contributed by atoms with Crippen LogP contribution in [0.2, 0.25) is 0 Å². The van der Waals surface area contributed by atoms with Gasteiger partial charge in [-0.25, -0.2) is 8.42 Å². The van der Waals surface area contributed by atoms with Crippen LogP contribution in [0.3, 0.4) is 0 Å². The molecule has 4 bridgehead atoms. The highest BCUT2D eigenvalue weighted by Crippen LogP contribution is 2.60. The SMILES string of the molecule is CC(C)(C)S(=O)(=O)CCNC(=O)C12CC3CC(CC(C3)C1)C2. The summed E-state index contributed by atoms with van der Waals surface area (Å²) in [6.45, 7) is 5.38. The van der Waals surface area contributed by atoms with E-state index in [1.807, 2.05) is 0 Å². The van der Waals surface area contributed by atoms with Gasteiger partial charge in [0.2, 0.25) is 5.91 Å². The number of nitrogens with one attached hydrogen (secondary N) is 1. The van der Waals surface area contributed by atoms with Crippen molar-refractivity contribution in [2.75, 3.05) is 12.3 Å². The van der Waals surface area contributed by atoms with Gasteiger partial charge in [-0.05, 0) is 77.0 Å². The highest BCUT2D eigenvalue weighted by Gasteiger charge is 2.54. The van der Waals surface area contributed by atoms with Gasteiger partial charge in [-0.3, -0.25) is 4.79 Å². The average Bonchev–Trinajstić information content (AvgIpc) is 2.35. The fraction of sp³-hybridized carbons (Fsp3) is 0.941. The van der Waals surface area contributed by atoms with Crippen LogP contribution in [0, 0.1) is 23.2 Å². The first-order valence-corrected chi connectivity index (χ1v) is 10.3. The van der Waals surface area contributed by atoms with Crippen LogP contribution in [-0.2, 0) is 14.6 Å².